The summed E-state index contributed by atoms with van der Waals surface area (Å²) in [5.74, 6) is 2.22. The fourth-order valence-corrected chi connectivity index (χ4v) is 5.41. The molecule has 0 fully saturated rings. The first kappa shape index (κ1) is 18.4. The van der Waals surface area contributed by atoms with E-state index >= 15 is 0 Å². The summed E-state index contributed by atoms with van der Waals surface area (Å²) in [6.07, 6.45) is 0. The minimum Gasteiger partial charge on any atom is -0.454 e. The van der Waals surface area contributed by atoms with Gasteiger partial charge in [0.05, 0.1) is 11.9 Å². The van der Waals surface area contributed by atoms with Crippen LogP contribution in [-0.4, -0.2) is 28.7 Å². The zero-order valence-corrected chi connectivity index (χ0v) is 17.7. The standard InChI is InChI=1S/C21H19N3O3S2/c1-12-3-6-17(29-12)14-10-28-21-19(14)20(25)22-18(23-21)9-24(2)8-13-4-5-15-16(7-13)27-11-26-15/h3-7,10H,8-9,11H2,1-2H3,(H,22,23,25). The van der Waals surface area contributed by atoms with Crippen molar-refractivity contribution in [2.75, 3.05) is 13.8 Å². The molecule has 3 aromatic heterocycles. The molecule has 1 aliphatic heterocycles. The average molecular weight is 426 g/mol. The van der Waals surface area contributed by atoms with Crippen molar-refractivity contribution < 1.29 is 9.47 Å². The van der Waals surface area contributed by atoms with E-state index in [1.54, 1.807) is 11.3 Å². The Morgan fingerprint density at radius 3 is 2.86 bits per heavy atom. The summed E-state index contributed by atoms with van der Waals surface area (Å²) in [7, 11) is 2.00. The lowest BCUT2D eigenvalue weighted by molar-refractivity contribution is 0.174. The number of H-pyrrole nitrogens is 1. The van der Waals surface area contributed by atoms with E-state index in [0.29, 0.717) is 24.3 Å². The van der Waals surface area contributed by atoms with Crippen LogP contribution in [0.1, 0.15) is 16.3 Å². The van der Waals surface area contributed by atoms with Gasteiger partial charge in [0.15, 0.2) is 11.5 Å². The number of hydrogen-bond donors (Lipinski definition) is 1. The van der Waals surface area contributed by atoms with Crippen LogP contribution in [0.3, 0.4) is 0 Å². The fraction of sp³-hybridized carbons (Fsp3) is 0.238. The third-order valence-electron chi connectivity index (χ3n) is 4.81. The molecule has 0 aliphatic carbocycles. The average Bonchev–Trinajstić information content (AvgIpc) is 3.40. The van der Waals surface area contributed by atoms with Crippen LogP contribution < -0.4 is 15.0 Å². The molecule has 1 N–H and O–H groups in total. The summed E-state index contributed by atoms with van der Waals surface area (Å²) in [5, 5.41) is 2.71. The number of aromatic amines is 1. The van der Waals surface area contributed by atoms with Gasteiger partial charge in [0.25, 0.3) is 5.56 Å². The molecular formula is C21H19N3O3S2. The van der Waals surface area contributed by atoms with Crippen LogP contribution >= 0.6 is 22.7 Å². The Kier molecular flexibility index (Phi) is 4.61. The maximum Gasteiger partial charge on any atom is 0.260 e. The number of thiophene rings is 2. The number of ether oxygens (including phenoxy) is 2. The SMILES string of the molecule is Cc1ccc(-c2csc3nc(CN(C)Cc4ccc5c(c4)OCO5)[nH]c(=O)c23)s1. The molecule has 8 heteroatoms. The van der Waals surface area contributed by atoms with E-state index < -0.39 is 0 Å². The lowest BCUT2D eigenvalue weighted by Gasteiger charge is -2.16. The van der Waals surface area contributed by atoms with E-state index in [-0.39, 0.29) is 12.4 Å². The van der Waals surface area contributed by atoms with Crippen LogP contribution in [0.4, 0.5) is 0 Å². The van der Waals surface area contributed by atoms with Crippen LogP contribution in [0, 0.1) is 6.92 Å². The van der Waals surface area contributed by atoms with Crippen molar-refractivity contribution in [2.24, 2.45) is 0 Å². The van der Waals surface area contributed by atoms with Gasteiger partial charge in [-0.1, -0.05) is 6.07 Å². The molecule has 0 atom stereocenters. The van der Waals surface area contributed by atoms with Gasteiger partial charge in [0.1, 0.15) is 10.7 Å². The summed E-state index contributed by atoms with van der Waals surface area (Å²) in [4.78, 5) is 25.7. The molecule has 4 aromatic rings. The van der Waals surface area contributed by atoms with Crippen LogP contribution in [0.5, 0.6) is 11.5 Å². The van der Waals surface area contributed by atoms with Crippen molar-refractivity contribution >= 4 is 32.9 Å². The first-order valence-corrected chi connectivity index (χ1v) is 10.9. The van der Waals surface area contributed by atoms with Gasteiger partial charge in [-0.05, 0) is 43.8 Å². The van der Waals surface area contributed by atoms with E-state index in [0.717, 1.165) is 32.3 Å². The highest BCUT2D eigenvalue weighted by Gasteiger charge is 2.16. The molecule has 148 valence electrons. The van der Waals surface area contributed by atoms with E-state index in [4.69, 9.17) is 14.5 Å². The highest BCUT2D eigenvalue weighted by molar-refractivity contribution is 7.19. The third kappa shape index (κ3) is 3.55. The van der Waals surface area contributed by atoms with E-state index in [2.05, 4.69) is 28.9 Å². The molecule has 0 spiro atoms. The van der Waals surface area contributed by atoms with Crippen molar-refractivity contribution in [3.63, 3.8) is 0 Å². The predicted molar refractivity (Wildman–Crippen MR) is 116 cm³/mol. The Morgan fingerprint density at radius 2 is 2.03 bits per heavy atom. The van der Waals surface area contributed by atoms with Crippen LogP contribution in [0.15, 0.2) is 40.5 Å². The largest absolute Gasteiger partial charge is 0.454 e. The van der Waals surface area contributed by atoms with Gasteiger partial charge in [-0.2, -0.15) is 0 Å². The molecule has 0 bridgehead atoms. The summed E-state index contributed by atoms with van der Waals surface area (Å²) < 4.78 is 10.8. The Balaban J connectivity index is 1.37. The molecule has 0 unspecified atom stereocenters. The highest BCUT2D eigenvalue weighted by atomic mass is 32.1. The molecule has 5 rings (SSSR count). The van der Waals surface area contributed by atoms with Crippen molar-refractivity contribution in [3.8, 4) is 21.9 Å². The molecule has 29 heavy (non-hydrogen) atoms. The minimum atomic E-state index is -0.0798. The molecule has 0 saturated carbocycles. The number of rotatable bonds is 5. The molecule has 0 amide bonds. The maximum atomic E-state index is 12.8. The van der Waals surface area contributed by atoms with Gasteiger partial charge >= 0.3 is 0 Å². The molecule has 4 heterocycles. The number of nitrogens with one attached hydrogen (secondary N) is 1. The van der Waals surface area contributed by atoms with Gasteiger partial charge in [-0.15, -0.1) is 22.7 Å². The van der Waals surface area contributed by atoms with Crippen molar-refractivity contribution in [2.45, 2.75) is 20.0 Å². The second-order valence-electron chi connectivity index (χ2n) is 7.11. The molecule has 1 aliphatic rings. The lowest BCUT2D eigenvalue weighted by Crippen LogP contribution is -2.21. The molecule has 0 radical (unpaired) electrons. The van der Waals surface area contributed by atoms with Gasteiger partial charge in [-0.3, -0.25) is 9.69 Å². The van der Waals surface area contributed by atoms with E-state index in [1.807, 2.05) is 30.6 Å². The summed E-state index contributed by atoms with van der Waals surface area (Å²) >= 11 is 3.21. The number of benzene rings is 1. The third-order valence-corrected chi connectivity index (χ3v) is 6.71. The Morgan fingerprint density at radius 1 is 1.17 bits per heavy atom. The number of hydrogen-bond acceptors (Lipinski definition) is 7. The van der Waals surface area contributed by atoms with Crippen molar-refractivity contribution in [3.05, 3.63) is 62.3 Å². The van der Waals surface area contributed by atoms with Crippen LogP contribution in [-0.2, 0) is 13.1 Å². The van der Waals surface area contributed by atoms with Gasteiger partial charge in [0, 0.05) is 27.2 Å². The smallest absolute Gasteiger partial charge is 0.260 e. The zero-order chi connectivity index (χ0) is 20.0. The first-order chi connectivity index (χ1) is 14.1. The number of nitrogens with zero attached hydrogens (tertiary/aromatic N) is 2. The summed E-state index contributed by atoms with van der Waals surface area (Å²) in [5.41, 5.74) is 2.01. The zero-order valence-electron chi connectivity index (χ0n) is 16.0. The van der Waals surface area contributed by atoms with E-state index in [9.17, 15) is 4.79 Å². The van der Waals surface area contributed by atoms with Crippen LogP contribution in [0.25, 0.3) is 20.7 Å². The van der Waals surface area contributed by atoms with Crippen molar-refractivity contribution in [1.82, 2.24) is 14.9 Å². The summed E-state index contributed by atoms with van der Waals surface area (Å²) in [6.45, 7) is 3.60. The molecular weight excluding hydrogens is 406 g/mol. The molecule has 0 saturated heterocycles. The molecule has 1 aromatic carbocycles. The Bertz CT molecular complexity index is 1260. The minimum absolute atomic E-state index is 0.0798. The quantitative estimate of drug-likeness (QED) is 0.514. The number of fused-ring (bicyclic) bond motifs is 2. The summed E-state index contributed by atoms with van der Waals surface area (Å²) in [6, 6.07) is 10.1. The predicted octanol–water partition coefficient (Wildman–Crippen LogP) is 4.38. The fourth-order valence-electron chi connectivity index (χ4n) is 3.49. The highest BCUT2D eigenvalue weighted by Crippen LogP contribution is 2.35. The Hall–Kier alpha value is -2.68. The number of aromatic nitrogens is 2. The monoisotopic (exact) mass is 425 g/mol. The lowest BCUT2D eigenvalue weighted by atomic mass is 10.2. The number of aryl methyl sites for hydroxylation is 1. The van der Waals surface area contributed by atoms with Gasteiger partial charge in [-0.25, -0.2) is 4.98 Å². The van der Waals surface area contributed by atoms with E-state index in [1.165, 1.54) is 16.2 Å². The topological polar surface area (TPSA) is 67.5 Å². The van der Waals surface area contributed by atoms with Crippen LogP contribution in [0.2, 0.25) is 0 Å². The van der Waals surface area contributed by atoms with Gasteiger partial charge in [0.2, 0.25) is 6.79 Å². The van der Waals surface area contributed by atoms with Gasteiger partial charge < -0.3 is 14.5 Å². The Labute approximate surface area is 175 Å². The second-order valence-corrected chi connectivity index (χ2v) is 9.26. The van der Waals surface area contributed by atoms with Crippen molar-refractivity contribution in [1.29, 1.82) is 0 Å². The normalized spacial score (nSPS) is 12.9. The maximum absolute atomic E-state index is 12.8. The first-order valence-electron chi connectivity index (χ1n) is 9.21. The second kappa shape index (κ2) is 7.29. The molecule has 6 nitrogen and oxygen atoms in total.